The van der Waals surface area contributed by atoms with Gasteiger partial charge >= 0.3 is 5.97 Å². The lowest BCUT2D eigenvalue weighted by Gasteiger charge is -2.09. The van der Waals surface area contributed by atoms with E-state index in [0.29, 0.717) is 24.8 Å². The zero-order valence-corrected chi connectivity index (χ0v) is 17.1. The van der Waals surface area contributed by atoms with Crippen LogP contribution in [0.3, 0.4) is 0 Å². The summed E-state index contributed by atoms with van der Waals surface area (Å²) in [5.41, 5.74) is 2.73. The van der Waals surface area contributed by atoms with Crippen molar-refractivity contribution in [3.8, 4) is 28.6 Å². The average Bonchev–Trinajstić information content (AvgIpc) is 3.16. The number of hydrogen-bond acceptors (Lipinski definition) is 6. The summed E-state index contributed by atoms with van der Waals surface area (Å²) < 4.78 is 11.0. The summed E-state index contributed by atoms with van der Waals surface area (Å²) in [6.45, 7) is 5.01. The van der Waals surface area contributed by atoms with E-state index in [-0.39, 0.29) is 24.9 Å². The molecule has 8 heteroatoms. The molecule has 7 nitrogen and oxygen atoms in total. The molecule has 0 unspecified atom stereocenters. The third-order valence-electron chi connectivity index (χ3n) is 3.96. The second-order valence-corrected chi connectivity index (χ2v) is 6.63. The maximum Gasteiger partial charge on any atom is 0.304 e. The lowest BCUT2D eigenvalue weighted by molar-refractivity contribution is -0.136. The van der Waals surface area contributed by atoms with Gasteiger partial charge in [-0.05, 0) is 43.7 Å². The van der Waals surface area contributed by atoms with Crippen molar-refractivity contribution in [1.29, 1.82) is 0 Å². The van der Waals surface area contributed by atoms with Gasteiger partial charge in [0.25, 0.3) is 5.89 Å². The minimum atomic E-state index is -0.808. The highest BCUT2D eigenvalue weighted by Crippen LogP contribution is 2.24. The molecule has 2 N–H and O–H groups in total. The number of halogens is 1. The molecular weight excluding hydrogens is 394 g/mol. The predicted octanol–water partition coefficient (Wildman–Crippen LogP) is 4.18. The van der Waals surface area contributed by atoms with Crippen LogP contribution in [0.5, 0.6) is 5.75 Å². The van der Waals surface area contributed by atoms with E-state index < -0.39 is 5.97 Å². The quantitative estimate of drug-likeness (QED) is 0.504. The first kappa shape index (κ1) is 22.4. The number of aliphatic carboxylic acids is 1. The van der Waals surface area contributed by atoms with Gasteiger partial charge < -0.3 is 19.7 Å². The first-order valence-corrected chi connectivity index (χ1v) is 9.14. The highest BCUT2D eigenvalue weighted by atomic mass is 35.5. The minimum absolute atomic E-state index is 0. The van der Waals surface area contributed by atoms with Crippen LogP contribution in [0.2, 0.25) is 0 Å². The fourth-order valence-electron chi connectivity index (χ4n) is 2.61. The highest BCUT2D eigenvalue weighted by Gasteiger charge is 2.11. The molecule has 0 spiro atoms. The molecule has 0 amide bonds. The molecule has 0 fully saturated rings. The molecule has 0 aliphatic carbocycles. The lowest BCUT2D eigenvalue weighted by atomic mass is 10.1. The molecule has 0 saturated heterocycles. The van der Waals surface area contributed by atoms with Gasteiger partial charge in [-0.2, -0.15) is 4.98 Å². The molecule has 0 saturated carbocycles. The van der Waals surface area contributed by atoms with Gasteiger partial charge in [0.1, 0.15) is 5.75 Å². The summed E-state index contributed by atoms with van der Waals surface area (Å²) in [5.74, 6) is 0.956. The summed E-state index contributed by atoms with van der Waals surface area (Å²) in [6, 6.07) is 15.3. The first-order chi connectivity index (χ1) is 13.5. The van der Waals surface area contributed by atoms with E-state index in [0.717, 1.165) is 22.4 Å². The molecule has 0 aliphatic rings. The van der Waals surface area contributed by atoms with Gasteiger partial charge in [-0.1, -0.05) is 29.4 Å². The van der Waals surface area contributed by atoms with Crippen LogP contribution in [-0.2, 0) is 11.3 Å². The molecule has 1 heterocycles. The predicted molar refractivity (Wildman–Crippen MR) is 112 cm³/mol. The van der Waals surface area contributed by atoms with Crippen LogP contribution in [0.1, 0.15) is 25.8 Å². The van der Waals surface area contributed by atoms with E-state index in [9.17, 15) is 4.79 Å². The monoisotopic (exact) mass is 417 g/mol. The van der Waals surface area contributed by atoms with Crippen LogP contribution in [-0.4, -0.2) is 33.9 Å². The van der Waals surface area contributed by atoms with E-state index in [2.05, 4.69) is 15.5 Å². The van der Waals surface area contributed by atoms with Crippen LogP contribution in [0, 0.1) is 0 Å². The Hall–Kier alpha value is -2.90. The average molecular weight is 418 g/mol. The van der Waals surface area contributed by atoms with Crippen LogP contribution < -0.4 is 10.1 Å². The first-order valence-electron chi connectivity index (χ1n) is 9.14. The molecule has 0 radical (unpaired) electrons. The molecule has 0 aliphatic heterocycles. The SMILES string of the molecule is CC(C)Oc1ccc(-c2nc(-c3ccc(CNCCC(=O)O)cc3)no2)cc1.Cl. The molecule has 0 atom stereocenters. The van der Waals surface area contributed by atoms with Gasteiger partial charge in [-0.25, -0.2) is 0 Å². The zero-order chi connectivity index (χ0) is 19.9. The fourth-order valence-corrected chi connectivity index (χ4v) is 2.61. The Morgan fingerprint density at radius 3 is 2.38 bits per heavy atom. The highest BCUT2D eigenvalue weighted by molar-refractivity contribution is 5.85. The van der Waals surface area contributed by atoms with Crippen molar-refractivity contribution in [2.24, 2.45) is 0 Å². The van der Waals surface area contributed by atoms with Gasteiger partial charge in [0.2, 0.25) is 5.82 Å². The van der Waals surface area contributed by atoms with Crippen molar-refractivity contribution < 1.29 is 19.2 Å². The number of ether oxygens (including phenoxy) is 1. The third-order valence-corrected chi connectivity index (χ3v) is 3.96. The number of carboxylic acid groups (broad SMARTS) is 1. The number of nitrogens with one attached hydrogen (secondary N) is 1. The van der Waals surface area contributed by atoms with Crippen LogP contribution in [0.15, 0.2) is 53.1 Å². The number of carboxylic acids is 1. The number of aromatic nitrogens is 2. The molecule has 3 rings (SSSR count). The Morgan fingerprint density at radius 2 is 1.76 bits per heavy atom. The standard InChI is InChI=1S/C21H23N3O4.ClH/c1-14(2)27-18-9-7-17(8-10-18)21-23-20(24-28-21)16-5-3-15(4-6-16)13-22-12-11-19(25)26;/h3-10,14,22H,11-13H2,1-2H3,(H,25,26);1H. The van der Waals surface area contributed by atoms with E-state index >= 15 is 0 Å². The van der Waals surface area contributed by atoms with E-state index in [1.165, 1.54) is 0 Å². The largest absolute Gasteiger partial charge is 0.491 e. The Balaban J connectivity index is 0.00000300. The maximum atomic E-state index is 10.5. The van der Waals surface area contributed by atoms with Crippen LogP contribution >= 0.6 is 12.4 Å². The van der Waals surface area contributed by atoms with Crippen molar-refractivity contribution >= 4 is 18.4 Å². The summed E-state index contributed by atoms with van der Waals surface area (Å²) in [6.07, 6.45) is 0.227. The molecule has 29 heavy (non-hydrogen) atoms. The summed E-state index contributed by atoms with van der Waals surface area (Å²) in [4.78, 5) is 15.0. The van der Waals surface area contributed by atoms with Gasteiger partial charge in [-0.15, -0.1) is 12.4 Å². The zero-order valence-electron chi connectivity index (χ0n) is 16.3. The topological polar surface area (TPSA) is 97.5 Å². The van der Waals surface area contributed by atoms with Crippen molar-refractivity contribution in [3.05, 3.63) is 54.1 Å². The number of nitrogens with zero attached hydrogens (tertiary/aromatic N) is 2. The third kappa shape index (κ3) is 6.58. The lowest BCUT2D eigenvalue weighted by Crippen LogP contribution is -2.17. The van der Waals surface area contributed by atoms with Crippen LogP contribution in [0.4, 0.5) is 0 Å². The van der Waals surface area contributed by atoms with Crippen molar-refractivity contribution in [1.82, 2.24) is 15.5 Å². The molecular formula is C21H24ClN3O4. The molecule has 2 aromatic carbocycles. The Labute approximate surface area is 175 Å². The second kappa shape index (κ2) is 10.6. The molecule has 3 aromatic rings. The van der Waals surface area contributed by atoms with Crippen molar-refractivity contribution in [3.63, 3.8) is 0 Å². The summed E-state index contributed by atoms with van der Waals surface area (Å²) in [7, 11) is 0. The molecule has 0 bridgehead atoms. The number of benzene rings is 2. The van der Waals surface area contributed by atoms with E-state index in [1.807, 2.05) is 62.4 Å². The number of hydrogen-bond donors (Lipinski definition) is 2. The summed E-state index contributed by atoms with van der Waals surface area (Å²) >= 11 is 0. The van der Waals surface area contributed by atoms with Gasteiger partial charge in [0.15, 0.2) is 0 Å². The Bertz CT molecular complexity index is 908. The Morgan fingerprint density at radius 1 is 1.10 bits per heavy atom. The van der Waals surface area contributed by atoms with Crippen molar-refractivity contribution in [2.45, 2.75) is 32.9 Å². The normalized spacial score (nSPS) is 10.6. The smallest absolute Gasteiger partial charge is 0.304 e. The fraction of sp³-hybridized carbons (Fsp3) is 0.286. The second-order valence-electron chi connectivity index (χ2n) is 6.63. The molecule has 154 valence electrons. The summed E-state index contributed by atoms with van der Waals surface area (Å²) in [5, 5.41) is 15.8. The maximum absolute atomic E-state index is 10.5. The van der Waals surface area contributed by atoms with Gasteiger partial charge in [0.05, 0.1) is 12.5 Å². The number of rotatable bonds is 9. The number of carbonyl (C=O) groups is 1. The van der Waals surface area contributed by atoms with Gasteiger partial charge in [0, 0.05) is 24.2 Å². The van der Waals surface area contributed by atoms with Crippen LogP contribution in [0.25, 0.3) is 22.8 Å². The van der Waals surface area contributed by atoms with Crippen molar-refractivity contribution in [2.75, 3.05) is 6.54 Å². The minimum Gasteiger partial charge on any atom is -0.491 e. The van der Waals surface area contributed by atoms with Gasteiger partial charge in [-0.3, -0.25) is 4.79 Å². The van der Waals surface area contributed by atoms with E-state index in [1.54, 1.807) is 0 Å². The Kier molecular flexibility index (Phi) is 8.18. The van der Waals surface area contributed by atoms with E-state index in [4.69, 9.17) is 14.4 Å². The molecule has 1 aromatic heterocycles.